The van der Waals surface area contributed by atoms with E-state index in [9.17, 15) is 15.0 Å². The molecule has 0 saturated heterocycles. The molecule has 0 aromatic heterocycles. The van der Waals surface area contributed by atoms with Gasteiger partial charge in [-0.15, -0.1) is 0 Å². The molecule has 1 amide bonds. The topological polar surface area (TPSA) is 69.6 Å². The van der Waals surface area contributed by atoms with Crippen molar-refractivity contribution >= 4 is 40.7 Å². The van der Waals surface area contributed by atoms with Crippen LogP contribution in [0.2, 0.25) is 0 Å². The molecular formula is C12H20Cl3NO3. The Balaban J connectivity index is 2.78. The summed E-state index contributed by atoms with van der Waals surface area (Å²) in [6.45, 7) is 6.15. The number of rotatable bonds is 1. The molecule has 0 aromatic carbocycles. The van der Waals surface area contributed by atoms with Crippen LogP contribution in [0, 0.1) is 11.3 Å². The Morgan fingerprint density at radius 3 is 2.11 bits per heavy atom. The van der Waals surface area contributed by atoms with Crippen molar-refractivity contribution in [2.45, 2.75) is 55.7 Å². The van der Waals surface area contributed by atoms with Crippen molar-refractivity contribution < 1.29 is 15.0 Å². The molecule has 0 bridgehead atoms. The fourth-order valence-corrected chi connectivity index (χ4v) is 2.51. The lowest BCUT2D eigenvalue weighted by atomic mass is 9.69. The Morgan fingerprint density at radius 1 is 1.16 bits per heavy atom. The second-order valence-electron chi connectivity index (χ2n) is 6.17. The number of hydrogen-bond donors (Lipinski definition) is 3. The standard InChI is InChI=1S/C12H20Cl3NO3/c1-11(2,3)6-4-7(9(18)8(17)5-6)16-10(19)12(13,14)15/h6-9,17-18H,4-5H2,1-3H3,(H,16,19)/t6-,7-,8-,9+/m1/s1. The zero-order valence-electron chi connectivity index (χ0n) is 11.2. The highest BCUT2D eigenvalue weighted by atomic mass is 35.6. The number of nitrogens with one attached hydrogen (secondary N) is 1. The monoisotopic (exact) mass is 331 g/mol. The molecule has 0 aliphatic heterocycles. The fourth-order valence-electron chi connectivity index (χ4n) is 2.34. The summed E-state index contributed by atoms with van der Waals surface area (Å²) in [5.74, 6) is -0.630. The summed E-state index contributed by atoms with van der Waals surface area (Å²) < 4.78 is -2.07. The van der Waals surface area contributed by atoms with Crippen LogP contribution in [0.5, 0.6) is 0 Å². The van der Waals surface area contributed by atoms with Gasteiger partial charge in [0.05, 0.1) is 12.1 Å². The lowest BCUT2D eigenvalue weighted by Crippen LogP contribution is -2.56. The van der Waals surface area contributed by atoms with Crippen molar-refractivity contribution in [1.29, 1.82) is 0 Å². The highest BCUT2D eigenvalue weighted by Crippen LogP contribution is 2.38. The normalized spacial score (nSPS) is 33.1. The molecule has 1 saturated carbocycles. The Morgan fingerprint density at radius 2 is 1.68 bits per heavy atom. The maximum atomic E-state index is 11.6. The van der Waals surface area contributed by atoms with Crippen LogP contribution in [0.3, 0.4) is 0 Å². The van der Waals surface area contributed by atoms with E-state index in [1.54, 1.807) is 0 Å². The van der Waals surface area contributed by atoms with Crippen LogP contribution >= 0.6 is 34.8 Å². The van der Waals surface area contributed by atoms with E-state index in [4.69, 9.17) is 34.8 Å². The van der Waals surface area contributed by atoms with Gasteiger partial charge in [-0.25, -0.2) is 0 Å². The first kappa shape index (κ1) is 17.3. The molecule has 19 heavy (non-hydrogen) atoms. The van der Waals surface area contributed by atoms with Gasteiger partial charge in [0.2, 0.25) is 0 Å². The second kappa shape index (κ2) is 5.94. The molecule has 0 aromatic rings. The largest absolute Gasteiger partial charge is 0.390 e. The number of halogens is 3. The predicted molar refractivity (Wildman–Crippen MR) is 76.4 cm³/mol. The van der Waals surface area contributed by atoms with Crippen LogP contribution in [-0.2, 0) is 4.79 Å². The molecule has 1 fully saturated rings. The number of carbonyl (C=O) groups is 1. The van der Waals surface area contributed by atoms with Gasteiger partial charge in [0.1, 0.15) is 6.10 Å². The Bertz CT molecular complexity index is 338. The van der Waals surface area contributed by atoms with Gasteiger partial charge in [0.25, 0.3) is 9.70 Å². The van der Waals surface area contributed by atoms with Crippen molar-refractivity contribution in [2.75, 3.05) is 0 Å². The third-order valence-corrected chi connectivity index (χ3v) is 4.18. The summed E-state index contributed by atoms with van der Waals surface area (Å²) in [6, 6.07) is -0.615. The Labute approximate surface area is 128 Å². The van der Waals surface area contributed by atoms with Gasteiger partial charge in [0.15, 0.2) is 0 Å². The zero-order valence-corrected chi connectivity index (χ0v) is 13.4. The minimum Gasteiger partial charge on any atom is -0.390 e. The van der Waals surface area contributed by atoms with Gasteiger partial charge in [0, 0.05) is 0 Å². The molecule has 0 radical (unpaired) electrons. The number of aliphatic hydroxyl groups is 2. The third-order valence-electron chi connectivity index (χ3n) is 3.67. The van der Waals surface area contributed by atoms with E-state index in [0.717, 1.165) is 0 Å². The van der Waals surface area contributed by atoms with Gasteiger partial charge < -0.3 is 15.5 Å². The van der Waals surface area contributed by atoms with E-state index < -0.39 is 27.9 Å². The Kier molecular flexibility index (Phi) is 5.41. The number of amides is 1. The highest BCUT2D eigenvalue weighted by Gasteiger charge is 2.42. The van der Waals surface area contributed by atoms with Crippen LogP contribution in [0.25, 0.3) is 0 Å². The van der Waals surface area contributed by atoms with E-state index in [-0.39, 0.29) is 11.3 Å². The summed E-state index contributed by atoms with van der Waals surface area (Å²) in [4.78, 5) is 11.6. The maximum absolute atomic E-state index is 11.6. The molecule has 1 rings (SSSR count). The smallest absolute Gasteiger partial charge is 0.272 e. The molecule has 0 heterocycles. The maximum Gasteiger partial charge on any atom is 0.272 e. The first-order valence-electron chi connectivity index (χ1n) is 6.16. The number of alkyl halides is 3. The first-order chi connectivity index (χ1) is 8.43. The number of carbonyl (C=O) groups excluding carboxylic acids is 1. The molecule has 0 unspecified atom stereocenters. The van der Waals surface area contributed by atoms with E-state index in [1.165, 1.54) is 0 Å². The molecule has 3 N–H and O–H groups in total. The van der Waals surface area contributed by atoms with Gasteiger partial charge in [-0.2, -0.15) is 0 Å². The van der Waals surface area contributed by atoms with Crippen molar-refractivity contribution in [2.24, 2.45) is 11.3 Å². The van der Waals surface area contributed by atoms with Crippen LogP contribution < -0.4 is 5.32 Å². The third kappa shape index (κ3) is 4.64. The average molecular weight is 333 g/mol. The predicted octanol–water partition coefficient (Wildman–Crippen LogP) is 2.02. The zero-order chi connectivity index (χ0) is 15.0. The van der Waals surface area contributed by atoms with Crippen molar-refractivity contribution in [1.82, 2.24) is 5.32 Å². The second-order valence-corrected chi connectivity index (χ2v) is 8.45. The van der Waals surface area contributed by atoms with Gasteiger partial charge >= 0.3 is 0 Å². The molecular weight excluding hydrogens is 312 g/mol. The van der Waals surface area contributed by atoms with Gasteiger partial charge in [-0.1, -0.05) is 55.6 Å². The summed E-state index contributed by atoms with van der Waals surface area (Å²) in [5, 5.41) is 22.3. The molecule has 1 aliphatic rings. The van der Waals surface area contributed by atoms with E-state index >= 15 is 0 Å². The van der Waals surface area contributed by atoms with Crippen molar-refractivity contribution in [3.05, 3.63) is 0 Å². The summed E-state index contributed by atoms with van der Waals surface area (Å²) in [6.07, 6.45) is -0.910. The lowest BCUT2D eigenvalue weighted by molar-refractivity contribution is -0.125. The summed E-state index contributed by atoms with van der Waals surface area (Å²) in [5.41, 5.74) is -0.0376. The number of aliphatic hydroxyl groups excluding tert-OH is 2. The van der Waals surface area contributed by atoms with E-state index in [0.29, 0.717) is 12.8 Å². The van der Waals surface area contributed by atoms with Crippen LogP contribution in [-0.4, -0.2) is 38.2 Å². The Hall–Kier alpha value is 0.260. The van der Waals surface area contributed by atoms with Gasteiger partial charge in [-0.3, -0.25) is 4.79 Å². The molecule has 112 valence electrons. The minimum atomic E-state index is -2.07. The van der Waals surface area contributed by atoms with Crippen LogP contribution in [0.15, 0.2) is 0 Å². The van der Waals surface area contributed by atoms with Crippen LogP contribution in [0.1, 0.15) is 33.6 Å². The van der Waals surface area contributed by atoms with Crippen molar-refractivity contribution in [3.8, 4) is 0 Å². The molecule has 7 heteroatoms. The quantitative estimate of drug-likeness (QED) is 0.643. The number of hydrogen-bond acceptors (Lipinski definition) is 3. The van der Waals surface area contributed by atoms with E-state index in [1.807, 2.05) is 0 Å². The van der Waals surface area contributed by atoms with Crippen molar-refractivity contribution in [3.63, 3.8) is 0 Å². The molecule has 4 atom stereocenters. The molecule has 1 aliphatic carbocycles. The summed E-state index contributed by atoms with van der Waals surface area (Å²) in [7, 11) is 0. The van der Waals surface area contributed by atoms with Crippen LogP contribution in [0.4, 0.5) is 0 Å². The molecule has 0 spiro atoms. The first-order valence-corrected chi connectivity index (χ1v) is 7.30. The highest BCUT2D eigenvalue weighted by molar-refractivity contribution is 6.76. The lowest BCUT2D eigenvalue weighted by Gasteiger charge is -2.43. The molecule has 4 nitrogen and oxygen atoms in total. The van der Waals surface area contributed by atoms with E-state index in [2.05, 4.69) is 26.1 Å². The minimum absolute atomic E-state index is 0.0376. The average Bonchev–Trinajstić information content (AvgIpc) is 2.21. The fraction of sp³-hybridized carbons (Fsp3) is 0.917. The van der Waals surface area contributed by atoms with Gasteiger partial charge in [-0.05, 0) is 24.2 Å². The SMILES string of the molecule is CC(C)(C)[C@H]1C[C@@H](O)[C@@H](O)[C@H](NC(=O)C(Cl)(Cl)Cl)C1. The summed E-state index contributed by atoms with van der Waals surface area (Å²) >= 11 is 16.5.